The Bertz CT molecular complexity index is 3890. The van der Waals surface area contributed by atoms with Crippen LogP contribution in [0.4, 0.5) is 11.4 Å². The lowest BCUT2D eigenvalue weighted by atomic mass is 9.57. The van der Waals surface area contributed by atoms with E-state index >= 15 is 0 Å². The van der Waals surface area contributed by atoms with E-state index in [4.69, 9.17) is 0 Å². The third-order valence-corrected chi connectivity index (χ3v) is 15.6. The molecule has 0 N–H and O–H groups in total. The second kappa shape index (κ2) is 22.1. The molecule has 8 aromatic carbocycles. The predicted molar refractivity (Wildman–Crippen MR) is 337 cm³/mol. The molecule has 3 nitrogen and oxygen atoms in total. The molecule has 386 valence electrons. The fraction of sp³-hybridized carbons (Fsp3) is 0.189. The van der Waals surface area contributed by atoms with Crippen LogP contribution in [0.1, 0.15) is 111 Å². The zero-order valence-electron chi connectivity index (χ0n) is 47.5. The highest BCUT2D eigenvalue weighted by Gasteiger charge is 2.45. The molecular weight excluding hydrogens is 931 g/mol. The van der Waals surface area contributed by atoms with Crippen molar-refractivity contribution in [2.75, 3.05) is 4.90 Å². The Hall–Kier alpha value is -8.40. The molecule has 0 aliphatic heterocycles. The highest BCUT2D eigenvalue weighted by atomic mass is 15.1. The molecule has 11 rings (SSSR count). The number of aromatic nitrogens is 2. The van der Waals surface area contributed by atoms with Crippen LogP contribution >= 0.6 is 0 Å². The molecule has 0 radical (unpaired) electrons. The molecule has 1 aliphatic rings. The maximum atomic E-state index is 4.43. The van der Waals surface area contributed by atoms with Crippen molar-refractivity contribution in [1.29, 1.82) is 0 Å². The van der Waals surface area contributed by atoms with Crippen molar-refractivity contribution in [3.8, 4) is 22.5 Å². The number of hydrogen-bond donors (Lipinski definition) is 0. The van der Waals surface area contributed by atoms with Gasteiger partial charge in [0, 0.05) is 61.0 Å². The van der Waals surface area contributed by atoms with Crippen molar-refractivity contribution >= 4 is 56.2 Å². The molecule has 0 atom stereocenters. The number of hydrogen-bond acceptors (Lipinski definition) is 1. The maximum Gasteiger partial charge on any atom is 0.0544 e. The maximum absolute atomic E-state index is 4.43. The van der Waals surface area contributed by atoms with Crippen LogP contribution in [-0.4, -0.2) is 9.13 Å². The van der Waals surface area contributed by atoms with Gasteiger partial charge in [-0.25, -0.2) is 0 Å². The molecule has 0 fully saturated rings. The first-order chi connectivity index (χ1) is 37.3. The summed E-state index contributed by atoms with van der Waals surface area (Å²) in [6.07, 6.45) is 14.5. The summed E-state index contributed by atoms with van der Waals surface area (Å²) in [4.78, 5) is 2.27. The minimum absolute atomic E-state index is 0.238. The van der Waals surface area contributed by atoms with E-state index in [0.717, 1.165) is 28.5 Å². The van der Waals surface area contributed by atoms with Crippen molar-refractivity contribution < 1.29 is 0 Å². The molecule has 77 heavy (non-hydrogen) atoms. The van der Waals surface area contributed by atoms with Gasteiger partial charge >= 0.3 is 0 Å². The van der Waals surface area contributed by atoms with Crippen LogP contribution in [0, 0.1) is 27.7 Å². The molecule has 0 unspecified atom stereocenters. The van der Waals surface area contributed by atoms with Crippen LogP contribution in [0.3, 0.4) is 0 Å². The largest absolute Gasteiger partial charge is 0.310 e. The summed E-state index contributed by atoms with van der Waals surface area (Å²) in [5, 5.41) is 3.83. The summed E-state index contributed by atoms with van der Waals surface area (Å²) in [5.41, 5.74) is 24.6. The summed E-state index contributed by atoms with van der Waals surface area (Å²) in [5.74, 6) is 0. The second-order valence-electron chi connectivity index (χ2n) is 21.1. The summed E-state index contributed by atoms with van der Waals surface area (Å²) in [7, 11) is 0. The SMILES string of the molecule is C=C/C=C(\C=C/C)N(c1cccc(C)c1)c1ccccc1C.C=Cc1c(/C=C\C)c2c3c(ccc2n1-c1cccc(-n2c4ccccc4c4ccccc42)c1)C(C)(C)c1c(ccc(C)c1-c1ccccc1C)C3(C)C.CC. The van der Waals surface area contributed by atoms with E-state index < -0.39 is 0 Å². The average Bonchev–Trinajstić information content (AvgIpc) is 4.08. The number of aryl methyl sites for hydroxylation is 4. The molecule has 0 saturated carbocycles. The Balaban J connectivity index is 0.000000253. The molecular formula is C74H75N3. The topological polar surface area (TPSA) is 13.1 Å². The molecule has 0 saturated heterocycles. The van der Waals surface area contributed by atoms with Gasteiger partial charge in [-0.1, -0.05) is 194 Å². The molecule has 2 heterocycles. The molecule has 0 amide bonds. The lowest BCUT2D eigenvalue weighted by Crippen LogP contribution is -2.37. The monoisotopic (exact) mass is 1010 g/mol. The third-order valence-electron chi connectivity index (χ3n) is 15.6. The van der Waals surface area contributed by atoms with Crippen molar-refractivity contribution in [3.05, 3.63) is 275 Å². The van der Waals surface area contributed by atoms with E-state index in [1.54, 1.807) is 0 Å². The molecule has 3 heteroatoms. The van der Waals surface area contributed by atoms with Gasteiger partial charge in [-0.05, 0) is 170 Å². The van der Waals surface area contributed by atoms with E-state index in [1.165, 1.54) is 99.6 Å². The highest BCUT2D eigenvalue weighted by Crippen LogP contribution is 2.56. The quantitative estimate of drug-likeness (QED) is 0.124. The Kier molecular flexibility index (Phi) is 15.3. The normalized spacial score (nSPS) is 13.5. The van der Waals surface area contributed by atoms with Gasteiger partial charge in [-0.2, -0.15) is 0 Å². The summed E-state index contributed by atoms with van der Waals surface area (Å²) in [6, 6.07) is 61.8. The molecule has 0 bridgehead atoms. The molecule has 10 aromatic rings. The standard InChI is InChI=1S/C51H46N2.C21H23N.C2H6/c1-9-18-39-42(10-2)52(34-20-17-21-35(31-34)53-43-25-15-13-23-37(43)38-24-14-16-26-44(38)53)45-30-29-41-49(47(39)45)51(7,8)40-28-27-33(4)46(48(40)50(41,5)6)36-22-12-11-19-32(36)3;1-5-10-19(11-6-2)22(20-14-9-12-17(3)16-20)21-15-8-7-13-18(21)4;1-2/h9-31H,2H2,1,3-8H3;5-16H,1H2,2-4H3;1-2H3/b18-9-;11-6-,19-10+;. The molecule has 0 spiro atoms. The Morgan fingerprint density at radius 1 is 0.532 bits per heavy atom. The third kappa shape index (κ3) is 9.33. The first-order valence-corrected chi connectivity index (χ1v) is 27.4. The average molecular weight is 1010 g/mol. The number of rotatable bonds is 10. The second-order valence-corrected chi connectivity index (χ2v) is 21.1. The van der Waals surface area contributed by atoms with Gasteiger partial charge in [0.25, 0.3) is 0 Å². The van der Waals surface area contributed by atoms with Crippen molar-refractivity contribution in [2.45, 2.75) is 93.9 Å². The van der Waals surface area contributed by atoms with Gasteiger partial charge in [0.2, 0.25) is 0 Å². The van der Waals surface area contributed by atoms with Gasteiger partial charge in [-0.15, -0.1) is 0 Å². The zero-order valence-corrected chi connectivity index (χ0v) is 47.5. The van der Waals surface area contributed by atoms with Gasteiger partial charge in [0.05, 0.1) is 22.2 Å². The Morgan fingerprint density at radius 3 is 1.74 bits per heavy atom. The number of para-hydroxylation sites is 3. The molecule has 1 aliphatic carbocycles. The van der Waals surface area contributed by atoms with Crippen LogP contribution in [0.2, 0.25) is 0 Å². The van der Waals surface area contributed by atoms with E-state index in [9.17, 15) is 0 Å². The lowest BCUT2D eigenvalue weighted by molar-refractivity contribution is 0.526. The van der Waals surface area contributed by atoms with Gasteiger partial charge < -0.3 is 14.0 Å². The van der Waals surface area contributed by atoms with Crippen molar-refractivity contribution in [2.24, 2.45) is 0 Å². The minimum atomic E-state index is -0.267. The fourth-order valence-corrected chi connectivity index (χ4v) is 12.2. The number of allylic oxidation sites excluding steroid dienone is 5. The van der Waals surface area contributed by atoms with Crippen molar-refractivity contribution in [3.63, 3.8) is 0 Å². The molecule has 2 aromatic heterocycles. The van der Waals surface area contributed by atoms with Gasteiger partial charge in [0.1, 0.15) is 0 Å². The first-order valence-electron chi connectivity index (χ1n) is 27.4. The minimum Gasteiger partial charge on any atom is -0.310 e. The smallest absolute Gasteiger partial charge is 0.0544 e. The zero-order chi connectivity index (χ0) is 54.8. The van der Waals surface area contributed by atoms with Gasteiger partial charge in [-0.3, -0.25) is 0 Å². The van der Waals surface area contributed by atoms with Crippen LogP contribution in [0.25, 0.3) is 67.4 Å². The first kappa shape index (κ1) is 53.4. The van der Waals surface area contributed by atoms with Crippen molar-refractivity contribution in [1.82, 2.24) is 9.13 Å². The number of nitrogens with zero attached hydrogens (tertiary/aromatic N) is 3. The van der Waals surface area contributed by atoms with E-state index in [2.05, 4.69) is 284 Å². The summed E-state index contributed by atoms with van der Waals surface area (Å²) < 4.78 is 4.83. The van der Waals surface area contributed by atoms with Crippen LogP contribution in [0.15, 0.2) is 219 Å². The van der Waals surface area contributed by atoms with Crippen LogP contribution < -0.4 is 4.90 Å². The number of fused-ring (bicyclic) bond motifs is 7. The summed E-state index contributed by atoms with van der Waals surface area (Å²) in [6.45, 7) is 34.9. The Morgan fingerprint density at radius 2 is 1.12 bits per heavy atom. The fourth-order valence-electron chi connectivity index (χ4n) is 12.2. The van der Waals surface area contributed by atoms with E-state index in [1.807, 2.05) is 39.0 Å². The summed E-state index contributed by atoms with van der Waals surface area (Å²) >= 11 is 0. The van der Waals surface area contributed by atoms with Gasteiger partial charge in [0.15, 0.2) is 0 Å². The van der Waals surface area contributed by atoms with E-state index in [0.29, 0.717) is 0 Å². The lowest BCUT2D eigenvalue weighted by Gasteiger charge is -2.46. The Labute approximate surface area is 459 Å². The number of benzene rings is 8. The van der Waals surface area contributed by atoms with Crippen LogP contribution in [0.5, 0.6) is 0 Å². The predicted octanol–water partition coefficient (Wildman–Crippen LogP) is 20.8. The van der Waals surface area contributed by atoms with Crippen LogP contribution in [-0.2, 0) is 10.8 Å². The highest BCUT2D eigenvalue weighted by molar-refractivity contribution is 6.09. The van der Waals surface area contributed by atoms with E-state index in [-0.39, 0.29) is 10.8 Å². The number of anilines is 2.